The van der Waals surface area contributed by atoms with E-state index in [9.17, 15) is 4.79 Å². The molecule has 4 nitrogen and oxygen atoms in total. The minimum Gasteiger partial charge on any atom is -0.297 e. The molecule has 0 aliphatic rings. The SMILES string of the molecule is Cn1[c]c(C#N)[nH]c1=O. The molecule has 0 bridgehead atoms. The molecule has 45 valence electrons. The normalized spacial score (nSPS) is 8.89. The highest BCUT2D eigenvalue weighted by Gasteiger charge is 1.95. The predicted molar refractivity (Wildman–Crippen MR) is 29.6 cm³/mol. The minimum absolute atomic E-state index is 0.169. The maximum Gasteiger partial charge on any atom is 0.326 e. The number of aromatic nitrogens is 2. The molecule has 9 heavy (non-hydrogen) atoms. The Morgan fingerprint density at radius 2 is 2.56 bits per heavy atom. The predicted octanol–water partition coefficient (Wildman–Crippen LogP) is -0.615. The number of aromatic amines is 1. The lowest BCUT2D eigenvalue weighted by Crippen LogP contribution is -2.11. The Bertz CT molecular complexity index is 301. The van der Waals surface area contributed by atoms with Gasteiger partial charge in [-0.25, -0.2) is 4.79 Å². The first-order valence-electron chi connectivity index (χ1n) is 2.32. The van der Waals surface area contributed by atoms with Crippen molar-refractivity contribution in [3.8, 4) is 6.07 Å². The molecule has 1 rings (SSSR count). The average Bonchev–Trinajstić information content (AvgIpc) is 2.13. The van der Waals surface area contributed by atoms with E-state index in [0.717, 1.165) is 0 Å². The van der Waals surface area contributed by atoms with Crippen LogP contribution in [0.3, 0.4) is 0 Å². The van der Waals surface area contributed by atoms with E-state index >= 15 is 0 Å². The Labute approximate surface area is 51.4 Å². The van der Waals surface area contributed by atoms with Crippen molar-refractivity contribution in [1.82, 2.24) is 9.55 Å². The molecule has 1 aromatic heterocycles. The molecule has 0 saturated carbocycles. The summed E-state index contributed by atoms with van der Waals surface area (Å²) in [5.74, 6) is 0. The largest absolute Gasteiger partial charge is 0.326 e. The van der Waals surface area contributed by atoms with Crippen LogP contribution in [0.25, 0.3) is 0 Å². The molecular weight excluding hydrogens is 118 g/mol. The Kier molecular flexibility index (Phi) is 1.12. The number of rotatable bonds is 0. The Morgan fingerprint density at radius 1 is 1.89 bits per heavy atom. The van der Waals surface area contributed by atoms with E-state index in [1.807, 2.05) is 0 Å². The molecule has 4 heteroatoms. The first kappa shape index (κ1) is 5.63. The summed E-state index contributed by atoms with van der Waals surface area (Å²) >= 11 is 0. The van der Waals surface area contributed by atoms with E-state index in [0.29, 0.717) is 0 Å². The van der Waals surface area contributed by atoms with Gasteiger partial charge in [0.15, 0.2) is 0 Å². The number of nitrogens with zero attached hydrogens (tertiary/aromatic N) is 2. The van der Waals surface area contributed by atoms with Crippen LogP contribution < -0.4 is 5.69 Å². The summed E-state index contributed by atoms with van der Waals surface area (Å²) in [4.78, 5) is 12.8. The van der Waals surface area contributed by atoms with Crippen molar-refractivity contribution in [1.29, 1.82) is 5.26 Å². The zero-order valence-electron chi connectivity index (χ0n) is 4.80. The number of H-pyrrole nitrogens is 1. The van der Waals surface area contributed by atoms with Crippen molar-refractivity contribution in [3.05, 3.63) is 22.4 Å². The lowest BCUT2D eigenvalue weighted by molar-refractivity contribution is 0.856. The molecule has 1 aromatic rings. The first-order valence-corrected chi connectivity index (χ1v) is 2.32. The van der Waals surface area contributed by atoms with E-state index in [1.165, 1.54) is 11.6 Å². The second kappa shape index (κ2) is 1.78. The van der Waals surface area contributed by atoms with E-state index < -0.39 is 0 Å². The maximum absolute atomic E-state index is 10.5. The fourth-order valence-electron chi connectivity index (χ4n) is 0.490. The lowest BCUT2D eigenvalue weighted by Gasteiger charge is -1.75. The fraction of sp³-hybridized carbons (Fsp3) is 0.200. The monoisotopic (exact) mass is 122 g/mol. The number of imidazole rings is 1. The molecule has 0 aromatic carbocycles. The highest BCUT2D eigenvalue weighted by Crippen LogP contribution is 1.81. The third-order valence-electron chi connectivity index (χ3n) is 0.928. The van der Waals surface area contributed by atoms with Crippen molar-refractivity contribution in [2.45, 2.75) is 0 Å². The molecule has 1 heterocycles. The van der Waals surface area contributed by atoms with E-state index in [2.05, 4.69) is 11.2 Å². The standard InChI is InChI=1S/C5H4N3O/c1-8-3-4(2-6)7-5(8)9/h1H3,(H,7,9). The number of nitriles is 1. The summed E-state index contributed by atoms with van der Waals surface area (Å²) in [5.41, 5.74) is -0.144. The van der Waals surface area contributed by atoms with E-state index in [-0.39, 0.29) is 11.4 Å². The van der Waals surface area contributed by atoms with Crippen molar-refractivity contribution in [2.75, 3.05) is 0 Å². The summed E-state index contributed by atoms with van der Waals surface area (Å²) < 4.78 is 1.19. The molecule has 0 amide bonds. The zero-order valence-corrected chi connectivity index (χ0v) is 4.80. The highest BCUT2D eigenvalue weighted by molar-refractivity contribution is 5.13. The molecule has 0 unspecified atom stereocenters. The maximum atomic E-state index is 10.5. The second-order valence-corrected chi connectivity index (χ2v) is 1.59. The third-order valence-corrected chi connectivity index (χ3v) is 0.928. The van der Waals surface area contributed by atoms with Gasteiger partial charge in [-0.1, -0.05) is 0 Å². The molecule has 1 N–H and O–H groups in total. The number of hydrogen-bond donors (Lipinski definition) is 1. The first-order chi connectivity index (χ1) is 4.24. The summed E-state index contributed by atoms with van der Waals surface area (Å²) in [5, 5.41) is 8.21. The van der Waals surface area contributed by atoms with Crippen LogP contribution in [0.4, 0.5) is 0 Å². The molecule has 0 fully saturated rings. The van der Waals surface area contributed by atoms with Gasteiger partial charge in [0.25, 0.3) is 0 Å². The van der Waals surface area contributed by atoms with Gasteiger partial charge in [0.1, 0.15) is 18.0 Å². The Balaban J connectivity index is 3.33. The molecule has 1 radical (unpaired) electrons. The van der Waals surface area contributed by atoms with Crippen LogP contribution in [0.1, 0.15) is 5.69 Å². The quantitative estimate of drug-likeness (QED) is 0.498. The van der Waals surface area contributed by atoms with Gasteiger partial charge in [0.2, 0.25) is 0 Å². The van der Waals surface area contributed by atoms with Crippen LogP contribution in [-0.2, 0) is 7.05 Å². The number of nitrogens with one attached hydrogen (secondary N) is 1. The number of hydrogen-bond acceptors (Lipinski definition) is 2. The minimum atomic E-state index is -0.313. The van der Waals surface area contributed by atoms with Gasteiger partial charge in [-0.2, -0.15) is 5.26 Å². The average molecular weight is 122 g/mol. The van der Waals surface area contributed by atoms with Crippen LogP contribution in [0.15, 0.2) is 4.79 Å². The lowest BCUT2D eigenvalue weighted by atomic mass is 10.5. The van der Waals surface area contributed by atoms with Gasteiger partial charge < -0.3 is 0 Å². The molecular formula is C5H4N3O. The second-order valence-electron chi connectivity index (χ2n) is 1.59. The van der Waals surface area contributed by atoms with Crippen molar-refractivity contribution >= 4 is 0 Å². The molecule has 0 atom stereocenters. The van der Waals surface area contributed by atoms with Crippen LogP contribution in [0.2, 0.25) is 0 Å². The summed E-state index contributed by atoms with van der Waals surface area (Å²) in [6, 6.07) is 1.76. The summed E-state index contributed by atoms with van der Waals surface area (Å²) in [6.07, 6.45) is 2.48. The molecule has 0 saturated heterocycles. The summed E-state index contributed by atoms with van der Waals surface area (Å²) in [7, 11) is 1.53. The van der Waals surface area contributed by atoms with Crippen LogP contribution in [0.5, 0.6) is 0 Å². The fourth-order valence-corrected chi connectivity index (χ4v) is 0.490. The topological polar surface area (TPSA) is 61.6 Å². The molecule has 0 aliphatic heterocycles. The van der Waals surface area contributed by atoms with Gasteiger partial charge >= 0.3 is 5.69 Å². The van der Waals surface area contributed by atoms with Crippen LogP contribution >= 0.6 is 0 Å². The van der Waals surface area contributed by atoms with Crippen molar-refractivity contribution in [2.24, 2.45) is 7.05 Å². The van der Waals surface area contributed by atoms with Crippen LogP contribution in [0, 0.1) is 17.5 Å². The Hall–Kier alpha value is -1.50. The van der Waals surface area contributed by atoms with Gasteiger partial charge in [0, 0.05) is 7.05 Å². The van der Waals surface area contributed by atoms with Crippen molar-refractivity contribution in [3.63, 3.8) is 0 Å². The van der Waals surface area contributed by atoms with Gasteiger partial charge in [-0.3, -0.25) is 9.55 Å². The smallest absolute Gasteiger partial charge is 0.297 e. The van der Waals surface area contributed by atoms with Gasteiger partial charge in [-0.15, -0.1) is 0 Å². The van der Waals surface area contributed by atoms with E-state index in [1.54, 1.807) is 6.07 Å². The van der Waals surface area contributed by atoms with Crippen LogP contribution in [-0.4, -0.2) is 9.55 Å². The van der Waals surface area contributed by atoms with Gasteiger partial charge in [0.05, 0.1) is 0 Å². The summed E-state index contributed by atoms with van der Waals surface area (Å²) in [6.45, 7) is 0. The Morgan fingerprint density at radius 3 is 2.78 bits per heavy atom. The molecule has 0 spiro atoms. The highest BCUT2D eigenvalue weighted by atomic mass is 16.1. The molecule has 0 aliphatic carbocycles. The van der Waals surface area contributed by atoms with Crippen molar-refractivity contribution < 1.29 is 0 Å². The van der Waals surface area contributed by atoms with E-state index in [4.69, 9.17) is 5.26 Å². The zero-order chi connectivity index (χ0) is 6.85. The number of aryl methyl sites for hydroxylation is 1. The third kappa shape index (κ3) is 0.842. The van der Waals surface area contributed by atoms with Gasteiger partial charge in [-0.05, 0) is 0 Å².